The number of imide groups is 1. The number of ether oxygens (including phenoxy) is 1. The minimum Gasteiger partial charge on any atom is -0.494 e. The molecule has 138 valence electrons. The summed E-state index contributed by atoms with van der Waals surface area (Å²) >= 11 is 0. The van der Waals surface area contributed by atoms with Gasteiger partial charge in [0.05, 0.1) is 18.8 Å². The molecule has 27 heavy (non-hydrogen) atoms. The molecule has 7 heteroatoms. The van der Waals surface area contributed by atoms with E-state index in [9.17, 15) is 9.59 Å². The third kappa shape index (κ3) is 3.05. The SMILES string of the molecule is CCOc1ccc(N2C(=O)[C@@H]3[C@@H](N=NN3Cc3ccc(C)cc3)C2=O)cc1. The van der Waals surface area contributed by atoms with Crippen LogP contribution in [0.4, 0.5) is 5.69 Å². The highest BCUT2D eigenvalue weighted by atomic mass is 16.5. The fourth-order valence-electron chi connectivity index (χ4n) is 3.35. The number of nitrogens with zero attached hydrogens (tertiary/aromatic N) is 4. The number of anilines is 1. The summed E-state index contributed by atoms with van der Waals surface area (Å²) < 4.78 is 5.41. The lowest BCUT2D eigenvalue weighted by molar-refractivity contribution is -0.123. The largest absolute Gasteiger partial charge is 0.494 e. The molecule has 2 aliphatic rings. The molecule has 0 bridgehead atoms. The van der Waals surface area contributed by atoms with Gasteiger partial charge in [-0.3, -0.25) is 14.6 Å². The molecule has 0 radical (unpaired) electrons. The lowest BCUT2D eigenvalue weighted by atomic mass is 10.1. The summed E-state index contributed by atoms with van der Waals surface area (Å²) in [6, 6.07) is 13.4. The summed E-state index contributed by atoms with van der Waals surface area (Å²) in [7, 11) is 0. The number of hydrogen-bond donors (Lipinski definition) is 0. The molecular formula is C20H20N4O3. The highest BCUT2D eigenvalue weighted by molar-refractivity contribution is 6.25. The summed E-state index contributed by atoms with van der Waals surface area (Å²) in [6.07, 6.45) is 0. The van der Waals surface area contributed by atoms with E-state index in [0.717, 1.165) is 11.1 Å². The molecule has 2 atom stereocenters. The summed E-state index contributed by atoms with van der Waals surface area (Å²) in [6.45, 7) is 4.90. The minimum atomic E-state index is -0.783. The Morgan fingerprint density at radius 3 is 2.37 bits per heavy atom. The number of carbonyl (C=O) groups is 2. The number of benzene rings is 2. The van der Waals surface area contributed by atoms with Crippen molar-refractivity contribution in [1.29, 1.82) is 0 Å². The van der Waals surface area contributed by atoms with Crippen LogP contribution in [0.2, 0.25) is 0 Å². The van der Waals surface area contributed by atoms with Gasteiger partial charge in [0.1, 0.15) is 5.75 Å². The van der Waals surface area contributed by atoms with E-state index in [4.69, 9.17) is 4.74 Å². The van der Waals surface area contributed by atoms with Crippen LogP contribution in [-0.2, 0) is 16.1 Å². The standard InChI is InChI=1S/C20H20N4O3/c1-3-27-16-10-8-15(9-11-16)24-19(25)17-18(20(24)26)23(22-21-17)12-14-6-4-13(2)5-7-14/h4-11,17-18H,3,12H2,1-2H3/t17-,18+/m1/s1. The van der Waals surface area contributed by atoms with Crippen molar-refractivity contribution in [2.45, 2.75) is 32.5 Å². The number of aryl methyl sites for hydroxylation is 1. The molecule has 0 aromatic heterocycles. The molecule has 1 fully saturated rings. The van der Waals surface area contributed by atoms with E-state index in [0.29, 0.717) is 24.6 Å². The van der Waals surface area contributed by atoms with Crippen molar-refractivity contribution >= 4 is 17.5 Å². The zero-order valence-corrected chi connectivity index (χ0v) is 15.2. The Kier molecular flexibility index (Phi) is 4.35. The third-order valence-corrected chi connectivity index (χ3v) is 4.73. The van der Waals surface area contributed by atoms with Crippen molar-refractivity contribution < 1.29 is 14.3 Å². The first kappa shape index (κ1) is 17.2. The second-order valence-electron chi connectivity index (χ2n) is 6.62. The van der Waals surface area contributed by atoms with E-state index in [-0.39, 0.29) is 11.8 Å². The highest BCUT2D eigenvalue weighted by Gasteiger charge is 2.54. The zero-order chi connectivity index (χ0) is 19.0. The predicted molar refractivity (Wildman–Crippen MR) is 99.3 cm³/mol. The van der Waals surface area contributed by atoms with Gasteiger partial charge in [-0.1, -0.05) is 35.1 Å². The Morgan fingerprint density at radius 1 is 1.00 bits per heavy atom. The van der Waals surface area contributed by atoms with Crippen molar-refractivity contribution in [2.75, 3.05) is 11.5 Å². The van der Waals surface area contributed by atoms with Crippen LogP contribution in [0.5, 0.6) is 5.75 Å². The molecule has 4 rings (SSSR count). The van der Waals surface area contributed by atoms with Crippen LogP contribution in [0, 0.1) is 6.92 Å². The smallest absolute Gasteiger partial charge is 0.263 e. The van der Waals surface area contributed by atoms with Gasteiger partial charge in [-0.2, -0.15) is 5.11 Å². The van der Waals surface area contributed by atoms with Crippen LogP contribution in [0.15, 0.2) is 58.9 Å². The van der Waals surface area contributed by atoms with Crippen LogP contribution in [0.25, 0.3) is 0 Å². The number of hydrogen-bond acceptors (Lipinski definition) is 6. The summed E-state index contributed by atoms with van der Waals surface area (Å²) in [4.78, 5) is 26.9. The van der Waals surface area contributed by atoms with Crippen LogP contribution in [0.1, 0.15) is 18.1 Å². The first-order chi connectivity index (χ1) is 13.1. The Morgan fingerprint density at radius 2 is 1.70 bits per heavy atom. The quantitative estimate of drug-likeness (QED) is 0.765. The first-order valence-corrected chi connectivity index (χ1v) is 8.92. The lowest BCUT2D eigenvalue weighted by Gasteiger charge is -2.20. The molecule has 0 N–H and O–H groups in total. The van der Waals surface area contributed by atoms with Crippen molar-refractivity contribution in [2.24, 2.45) is 10.3 Å². The van der Waals surface area contributed by atoms with E-state index in [2.05, 4.69) is 10.3 Å². The lowest BCUT2D eigenvalue weighted by Crippen LogP contribution is -2.39. The molecule has 0 spiro atoms. The van der Waals surface area contributed by atoms with Crippen molar-refractivity contribution in [1.82, 2.24) is 5.01 Å². The maximum atomic E-state index is 13.0. The van der Waals surface area contributed by atoms with Gasteiger partial charge in [0.15, 0.2) is 12.1 Å². The van der Waals surface area contributed by atoms with Crippen LogP contribution >= 0.6 is 0 Å². The third-order valence-electron chi connectivity index (χ3n) is 4.73. The molecule has 2 amide bonds. The van der Waals surface area contributed by atoms with Gasteiger partial charge in [-0.15, -0.1) is 0 Å². The van der Waals surface area contributed by atoms with Crippen molar-refractivity contribution in [3.8, 4) is 5.75 Å². The van der Waals surface area contributed by atoms with E-state index in [1.807, 2.05) is 38.1 Å². The van der Waals surface area contributed by atoms with Gasteiger partial charge >= 0.3 is 0 Å². The summed E-state index contributed by atoms with van der Waals surface area (Å²) in [5, 5.41) is 9.74. The van der Waals surface area contributed by atoms with Gasteiger partial charge in [0.25, 0.3) is 11.8 Å². The normalized spacial score (nSPS) is 21.1. The molecule has 2 aromatic carbocycles. The Bertz CT molecular complexity index is 892. The monoisotopic (exact) mass is 364 g/mol. The maximum absolute atomic E-state index is 13.0. The fourth-order valence-corrected chi connectivity index (χ4v) is 3.35. The summed E-state index contributed by atoms with van der Waals surface area (Å²) in [5.74, 6) is 0.0526. The van der Waals surface area contributed by atoms with E-state index < -0.39 is 12.1 Å². The van der Waals surface area contributed by atoms with Crippen LogP contribution < -0.4 is 9.64 Å². The molecular weight excluding hydrogens is 344 g/mol. The molecule has 7 nitrogen and oxygen atoms in total. The minimum absolute atomic E-state index is 0.300. The summed E-state index contributed by atoms with van der Waals surface area (Å²) in [5.41, 5.74) is 2.70. The zero-order valence-electron chi connectivity index (χ0n) is 15.2. The van der Waals surface area contributed by atoms with E-state index in [1.54, 1.807) is 29.3 Å². The molecule has 0 unspecified atom stereocenters. The maximum Gasteiger partial charge on any atom is 0.263 e. The molecule has 0 aliphatic carbocycles. The highest BCUT2D eigenvalue weighted by Crippen LogP contribution is 2.33. The van der Waals surface area contributed by atoms with Gasteiger partial charge < -0.3 is 4.74 Å². The molecule has 2 aromatic rings. The van der Waals surface area contributed by atoms with Crippen LogP contribution in [-0.4, -0.2) is 35.5 Å². The van der Waals surface area contributed by atoms with Crippen molar-refractivity contribution in [3.05, 3.63) is 59.7 Å². The number of amides is 2. The Labute approximate surface area is 157 Å². The van der Waals surface area contributed by atoms with Crippen LogP contribution in [0.3, 0.4) is 0 Å². The molecule has 1 saturated heterocycles. The number of rotatable bonds is 5. The van der Waals surface area contributed by atoms with E-state index in [1.165, 1.54) is 4.90 Å². The second kappa shape index (κ2) is 6.83. The molecule has 0 saturated carbocycles. The van der Waals surface area contributed by atoms with Gasteiger partial charge in [-0.05, 0) is 43.7 Å². The topological polar surface area (TPSA) is 74.6 Å². The predicted octanol–water partition coefficient (Wildman–Crippen LogP) is 2.89. The fraction of sp³-hybridized carbons (Fsp3) is 0.300. The van der Waals surface area contributed by atoms with Gasteiger partial charge in [0, 0.05) is 0 Å². The average molecular weight is 364 g/mol. The number of fused-ring (bicyclic) bond motifs is 1. The second-order valence-corrected chi connectivity index (χ2v) is 6.62. The first-order valence-electron chi connectivity index (χ1n) is 8.92. The Hall–Kier alpha value is -3.22. The number of carbonyl (C=O) groups excluding carboxylic acids is 2. The van der Waals surface area contributed by atoms with E-state index >= 15 is 0 Å². The van der Waals surface area contributed by atoms with Crippen molar-refractivity contribution in [3.63, 3.8) is 0 Å². The molecule has 2 heterocycles. The average Bonchev–Trinajstić information content (AvgIpc) is 3.18. The van der Waals surface area contributed by atoms with Gasteiger partial charge in [0.2, 0.25) is 0 Å². The molecule has 2 aliphatic heterocycles. The Balaban J connectivity index is 1.55. The van der Waals surface area contributed by atoms with Gasteiger partial charge in [-0.25, -0.2) is 4.90 Å².